The number of hydrogen-bond donors (Lipinski definition) is 4. The van der Waals surface area contributed by atoms with Crippen LogP contribution in [0.3, 0.4) is 0 Å². The monoisotopic (exact) mass is 719 g/mol. The van der Waals surface area contributed by atoms with Crippen LogP contribution in [0, 0.1) is 11.8 Å². The summed E-state index contributed by atoms with van der Waals surface area (Å²) in [5.74, 6) is -1.10. The minimum absolute atomic E-state index is 0.0192. The Kier molecular flexibility index (Phi) is 15.9. The quantitative estimate of drug-likeness (QED) is 0.106. The molecule has 2 saturated heterocycles. The summed E-state index contributed by atoms with van der Waals surface area (Å²) in [4.78, 5) is 68.1. The number of aldehydes is 2. The molecule has 12 heteroatoms. The first-order valence-corrected chi connectivity index (χ1v) is 18.6. The lowest BCUT2D eigenvalue weighted by molar-refractivity contribution is -0.133. The van der Waals surface area contributed by atoms with Gasteiger partial charge in [-0.1, -0.05) is 81.4 Å². The Balaban J connectivity index is 1.48. The summed E-state index contributed by atoms with van der Waals surface area (Å²) >= 11 is 0. The van der Waals surface area contributed by atoms with Crippen molar-refractivity contribution >= 4 is 30.3 Å². The van der Waals surface area contributed by atoms with Crippen LogP contribution < -0.4 is 21.3 Å². The number of aryl methyl sites for hydroxylation is 1. The van der Waals surface area contributed by atoms with Crippen LogP contribution in [0.4, 0.5) is 0 Å². The van der Waals surface area contributed by atoms with E-state index in [2.05, 4.69) is 35.1 Å². The van der Waals surface area contributed by atoms with Crippen LogP contribution in [0.5, 0.6) is 0 Å². The third kappa shape index (κ3) is 13.5. The van der Waals surface area contributed by atoms with Gasteiger partial charge in [0, 0.05) is 13.1 Å². The van der Waals surface area contributed by atoms with Crippen LogP contribution in [-0.2, 0) is 39.9 Å². The normalized spacial score (nSPS) is 20.8. The van der Waals surface area contributed by atoms with Crippen molar-refractivity contribution in [2.24, 2.45) is 11.8 Å². The second kappa shape index (κ2) is 20.3. The number of epoxide rings is 1. The lowest BCUT2D eigenvalue weighted by atomic mass is 9.91. The highest BCUT2D eigenvalue weighted by atomic mass is 16.6. The summed E-state index contributed by atoms with van der Waals surface area (Å²) in [6, 6.07) is 14.7. The standard InChI is InChI=1S/C40H57N5O7/c1-28(2)21-34(43-38(49)33(16-15-30-11-7-5-8-12-30)42-36(48)24-45-17-19-51-20-18-45)39(50)44-35(26-47)37(31-13-9-6-10-14-31)41-32(25-46)22-29(3)23-40(4)27-52-40/h5-14,25-26,28-29,32-35,37,41H,15-24,27H2,1-4H3,(H,42,48)(H,43,49)(H,44,50)/t29?,32-,33-,34-,35+,37?,40+/m0/s1. The third-order valence-electron chi connectivity index (χ3n) is 9.63. The Morgan fingerprint density at radius 1 is 0.846 bits per heavy atom. The summed E-state index contributed by atoms with van der Waals surface area (Å²) in [6.45, 7) is 11.2. The molecule has 0 spiro atoms. The number of nitrogens with zero attached hydrogens (tertiary/aromatic N) is 1. The number of ether oxygens (including phenoxy) is 2. The highest BCUT2D eigenvalue weighted by Crippen LogP contribution is 2.34. The van der Waals surface area contributed by atoms with E-state index < -0.39 is 42.0 Å². The summed E-state index contributed by atoms with van der Waals surface area (Å²) in [5.41, 5.74) is 1.59. The average Bonchev–Trinajstić information content (AvgIpc) is 3.87. The minimum atomic E-state index is -1.05. The van der Waals surface area contributed by atoms with E-state index in [-0.39, 0.29) is 29.9 Å². The number of morpholine rings is 1. The number of nitrogens with one attached hydrogen (secondary N) is 4. The van der Waals surface area contributed by atoms with E-state index in [9.17, 15) is 24.0 Å². The van der Waals surface area contributed by atoms with Gasteiger partial charge in [0.1, 0.15) is 30.7 Å². The smallest absolute Gasteiger partial charge is 0.243 e. The van der Waals surface area contributed by atoms with Gasteiger partial charge in [-0.3, -0.25) is 24.6 Å². The molecule has 12 nitrogen and oxygen atoms in total. The van der Waals surface area contributed by atoms with Gasteiger partial charge in [0.15, 0.2) is 0 Å². The molecule has 0 aliphatic carbocycles. The van der Waals surface area contributed by atoms with Crippen LogP contribution >= 0.6 is 0 Å². The molecule has 2 aromatic rings. The Bertz CT molecular complexity index is 1430. The van der Waals surface area contributed by atoms with E-state index in [0.717, 1.165) is 23.8 Å². The average molecular weight is 720 g/mol. The number of rotatable bonds is 22. The predicted molar refractivity (Wildman–Crippen MR) is 198 cm³/mol. The molecule has 2 aromatic carbocycles. The first kappa shape index (κ1) is 40.8. The second-order valence-corrected chi connectivity index (χ2v) is 15.0. The van der Waals surface area contributed by atoms with E-state index in [4.69, 9.17) is 9.47 Å². The molecule has 0 radical (unpaired) electrons. The molecule has 0 saturated carbocycles. The molecular formula is C40H57N5O7. The van der Waals surface area contributed by atoms with Gasteiger partial charge in [0.25, 0.3) is 0 Å². The number of hydrogen-bond acceptors (Lipinski definition) is 9. The van der Waals surface area contributed by atoms with Crippen molar-refractivity contribution < 1.29 is 33.4 Å². The summed E-state index contributed by atoms with van der Waals surface area (Å²) in [5, 5.41) is 12.0. The molecule has 284 valence electrons. The summed E-state index contributed by atoms with van der Waals surface area (Å²) < 4.78 is 10.9. The predicted octanol–water partition coefficient (Wildman–Crippen LogP) is 2.75. The van der Waals surface area contributed by atoms with Crippen LogP contribution in [0.2, 0.25) is 0 Å². The fourth-order valence-corrected chi connectivity index (χ4v) is 6.82. The van der Waals surface area contributed by atoms with Gasteiger partial charge >= 0.3 is 0 Å². The highest BCUT2D eigenvalue weighted by molar-refractivity contribution is 5.93. The molecule has 2 fully saturated rings. The number of benzene rings is 2. The topological polar surface area (TPSA) is 158 Å². The van der Waals surface area contributed by atoms with Gasteiger partial charge in [0.2, 0.25) is 17.7 Å². The lowest BCUT2D eigenvalue weighted by Crippen LogP contribution is -2.58. The fraction of sp³-hybridized carbons (Fsp3) is 0.575. The van der Waals surface area contributed by atoms with Gasteiger partial charge < -0.3 is 35.0 Å². The van der Waals surface area contributed by atoms with Crippen molar-refractivity contribution in [3.63, 3.8) is 0 Å². The molecule has 2 unspecified atom stereocenters. The Labute approximate surface area is 308 Å². The first-order chi connectivity index (χ1) is 25.0. The zero-order valence-electron chi connectivity index (χ0n) is 31.1. The van der Waals surface area contributed by atoms with Crippen LogP contribution in [-0.4, -0.2) is 104 Å². The maximum atomic E-state index is 14.0. The Morgan fingerprint density at radius 3 is 2.08 bits per heavy atom. The molecule has 0 aromatic heterocycles. The molecule has 4 rings (SSSR count). The van der Waals surface area contributed by atoms with E-state index in [1.807, 2.05) is 79.4 Å². The van der Waals surface area contributed by atoms with Crippen LogP contribution in [0.25, 0.3) is 0 Å². The van der Waals surface area contributed by atoms with Crippen LogP contribution in [0.15, 0.2) is 60.7 Å². The van der Waals surface area contributed by atoms with E-state index in [1.165, 1.54) is 0 Å². The summed E-state index contributed by atoms with van der Waals surface area (Å²) in [6.07, 6.45) is 4.01. The van der Waals surface area contributed by atoms with Crippen molar-refractivity contribution in [1.29, 1.82) is 0 Å². The van der Waals surface area contributed by atoms with Crippen molar-refractivity contribution in [2.75, 3.05) is 39.5 Å². The molecular weight excluding hydrogens is 662 g/mol. The first-order valence-electron chi connectivity index (χ1n) is 18.6. The molecule has 52 heavy (non-hydrogen) atoms. The van der Waals surface area contributed by atoms with Crippen molar-refractivity contribution in [3.8, 4) is 0 Å². The molecule has 0 bridgehead atoms. The number of carbonyl (C=O) groups excluding carboxylic acids is 5. The SMILES string of the molecule is CC(C)C[C@H](NC(=O)[C@H](CCc1ccccc1)NC(=O)CN1CCOCC1)C(=O)N[C@H](C=O)C(N[C@H](C=O)CC(C)C[C@]1(C)CO1)c1ccccc1. The highest BCUT2D eigenvalue weighted by Gasteiger charge is 2.41. The maximum Gasteiger partial charge on any atom is 0.243 e. The van der Waals surface area contributed by atoms with Gasteiger partial charge in [-0.05, 0) is 62.0 Å². The van der Waals surface area contributed by atoms with Crippen molar-refractivity contribution in [1.82, 2.24) is 26.2 Å². The molecule has 2 heterocycles. The Morgan fingerprint density at radius 2 is 1.48 bits per heavy atom. The molecule has 3 amide bonds. The van der Waals surface area contributed by atoms with E-state index >= 15 is 0 Å². The van der Waals surface area contributed by atoms with Crippen molar-refractivity contribution in [3.05, 3.63) is 71.8 Å². The van der Waals surface area contributed by atoms with Crippen LogP contribution in [0.1, 0.15) is 70.5 Å². The lowest BCUT2D eigenvalue weighted by Gasteiger charge is -2.31. The zero-order chi connectivity index (χ0) is 37.5. The molecule has 4 N–H and O–H groups in total. The molecule has 7 atom stereocenters. The summed E-state index contributed by atoms with van der Waals surface area (Å²) in [7, 11) is 0. The zero-order valence-corrected chi connectivity index (χ0v) is 31.1. The molecule has 2 aliphatic heterocycles. The van der Waals surface area contributed by atoms with Gasteiger partial charge in [-0.15, -0.1) is 0 Å². The fourth-order valence-electron chi connectivity index (χ4n) is 6.82. The minimum Gasteiger partial charge on any atom is -0.379 e. The Hall–Kier alpha value is -3.97. The van der Waals surface area contributed by atoms with E-state index in [1.54, 1.807) is 0 Å². The largest absolute Gasteiger partial charge is 0.379 e. The van der Waals surface area contributed by atoms with Gasteiger partial charge in [0.05, 0.1) is 44.1 Å². The molecule has 2 aliphatic rings. The van der Waals surface area contributed by atoms with Gasteiger partial charge in [-0.25, -0.2) is 0 Å². The second-order valence-electron chi connectivity index (χ2n) is 15.0. The number of amides is 3. The third-order valence-corrected chi connectivity index (χ3v) is 9.63. The maximum absolute atomic E-state index is 14.0. The number of carbonyl (C=O) groups is 5. The van der Waals surface area contributed by atoms with E-state index in [0.29, 0.717) is 64.9 Å². The van der Waals surface area contributed by atoms with Crippen molar-refractivity contribution in [2.45, 2.75) is 95.6 Å². The van der Waals surface area contributed by atoms with Gasteiger partial charge in [-0.2, -0.15) is 0 Å².